The van der Waals surface area contributed by atoms with Crippen LogP contribution in [0.15, 0.2) is 45.9 Å². The zero-order chi connectivity index (χ0) is 17.5. The molecule has 1 amide bonds. The van der Waals surface area contributed by atoms with Gasteiger partial charge in [-0.2, -0.15) is 0 Å². The van der Waals surface area contributed by atoms with Crippen LogP contribution in [0.25, 0.3) is 0 Å². The molecule has 0 aliphatic heterocycles. The number of rotatable bonds is 5. The van der Waals surface area contributed by atoms with E-state index in [2.05, 4.69) is 5.32 Å². The van der Waals surface area contributed by atoms with Gasteiger partial charge in [-0.25, -0.2) is 12.7 Å². The van der Waals surface area contributed by atoms with E-state index in [9.17, 15) is 13.2 Å². The van der Waals surface area contributed by atoms with Crippen LogP contribution in [0.1, 0.15) is 28.5 Å². The minimum Gasteiger partial charge on any atom is -0.438 e. The molecule has 8 heteroatoms. The van der Waals surface area contributed by atoms with Crippen molar-refractivity contribution in [3.8, 4) is 0 Å². The van der Waals surface area contributed by atoms with E-state index in [4.69, 9.17) is 16.0 Å². The summed E-state index contributed by atoms with van der Waals surface area (Å²) >= 11 is 5.86. The van der Waals surface area contributed by atoms with Gasteiger partial charge in [0.1, 0.15) is 0 Å². The molecular formula is C16H17ClN2O4S. The van der Waals surface area contributed by atoms with E-state index in [0.29, 0.717) is 5.02 Å². The van der Waals surface area contributed by atoms with Crippen LogP contribution < -0.4 is 5.32 Å². The van der Waals surface area contributed by atoms with Crippen LogP contribution in [0.4, 0.5) is 0 Å². The van der Waals surface area contributed by atoms with E-state index in [1.165, 1.54) is 26.2 Å². The average molecular weight is 369 g/mol. The lowest BCUT2D eigenvalue weighted by Crippen LogP contribution is -2.26. The number of nitrogens with one attached hydrogen (secondary N) is 1. The van der Waals surface area contributed by atoms with Crippen LogP contribution >= 0.6 is 11.6 Å². The van der Waals surface area contributed by atoms with Crippen LogP contribution in [-0.2, 0) is 10.0 Å². The Balaban J connectivity index is 1.65. The molecule has 1 N–H and O–H groups in total. The number of nitrogens with zero attached hydrogens (tertiary/aromatic N) is 1. The second-order valence-electron chi connectivity index (χ2n) is 5.88. The summed E-state index contributed by atoms with van der Waals surface area (Å²) in [6, 6.07) is 10.2. The summed E-state index contributed by atoms with van der Waals surface area (Å²) < 4.78 is 30.1. The number of carbonyl (C=O) groups is 1. The van der Waals surface area contributed by atoms with Gasteiger partial charge >= 0.3 is 0 Å². The summed E-state index contributed by atoms with van der Waals surface area (Å²) in [6.07, 6.45) is 0.830. The minimum atomic E-state index is -3.69. The highest BCUT2D eigenvalue weighted by Gasteiger charge is 2.40. The summed E-state index contributed by atoms with van der Waals surface area (Å²) in [5, 5.41) is 3.28. The molecule has 6 nitrogen and oxygen atoms in total. The van der Waals surface area contributed by atoms with Crippen molar-refractivity contribution in [2.24, 2.45) is 0 Å². The van der Waals surface area contributed by atoms with Crippen LogP contribution in [0.2, 0.25) is 5.02 Å². The SMILES string of the molecule is CN(C)S(=O)(=O)c1ccc(C(=O)N[C@@H]2C[C@H]2c2ccc(Cl)cc2)o1. The first kappa shape index (κ1) is 17.0. The molecule has 3 rings (SSSR count). The zero-order valence-corrected chi connectivity index (χ0v) is 14.8. The number of sulfonamides is 1. The van der Waals surface area contributed by atoms with E-state index in [1.807, 2.05) is 24.3 Å². The first-order chi connectivity index (χ1) is 11.3. The Morgan fingerprint density at radius 1 is 1.21 bits per heavy atom. The van der Waals surface area contributed by atoms with E-state index in [-0.39, 0.29) is 22.8 Å². The Bertz CT molecular complexity index is 858. The molecule has 1 heterocycles. The fraction of sp³-hybridized carbons (Fsp3) is 0.312. The molecule has 1 aromatic carbocycles. The maximum Gasteiger partial charge on any atom is 0.287 e. The molecule has 128 valence electrons. The summed E-state index contributed by atoms with van der Waals surface area (Å²) in [5.41, 5.74) is 1.11. The quantitative estimate of drug-likeness (QED) is 0.879. The summed E-state index contributed by atoms with van der Waals surface area (Å²) in [5.74, 6) is -0.194. The Labute approximate surface area is 145 Å². The Kier molecular flexibility index (Phi) is 4.42. The number of halogens is 1. The van der Waals surface area contributed by atoms with Gasteiger partial charge in [0.2, 0.25) is 5.09 Å². The summed E-state index contributed by atoms with van der Waals surface area (Å²) in [6.45, 7) is 0. The molecule has 0 radical (unpaired) electrons. The fourth-order valence-corrected chi connectivity index (χ4v) is 3.35. The van der Waals surface area contributed by atoms with Gasteiger partial charge in [-0.3, -0.25) is 4.79 Å². The lowest BCUT2D eigenvalue weighted by atomic mass is 10.1. The average Bonchev–Trinajstić information content (AvgIpc) is 3.10. The number of furan rings is 1. The van der Waals surface area contributed by atoms with Gasteiger partial charge in [0.15, 0.2) is 5.76 Å². The van der Waals surface area contributed by atoms with Gasteiger partial charge in [0.25, 0.3) is 15.9 Å². The molecule has 0 saturated heterocycles. The smallest absolute Gasteiger partial charge is 0.287 e. The number of benzene rings is 1. The van der Waals surface area contributed by atoms with Crippen molar-refractivity contribution in [3.05, 3.63) is 52.7 Å². The van der Waals surface area contributed by atoms with Gasteiger partial charge in [-0.1, -0.05) is 23.7 Å². The largest absolute Gasteiger partial charge is 0.438 e. The molecule has 2 atom stereocenters. The Morgan fingerprint density at radius 3 is 2.50 bits per heavy atom. The number of hydrogen-bond donors (Lipinski definition) is 1. The second kappa shape index (κ2) is 6.23. The number of amides is 1. The third kappa shape index (κ3) is 3.33. The molecule has 1 fully saturated rings. The van der Waals surface area contributed by atoms with Gasteiger partial charge in [-0.15, -0.1) is 0 Å². The van der Waals surface area contributed by atoms with Gasteiger partial charge in [0, 0.05) is 31.1 Å². The highest BCUT2D eigenvalue weighted by Crippen LogP contribution is 2.41. The molecule has 1 aliphatic rings. The second-order valence-corrected chi connectivity index (χ2v) is 8.40. The first-order valence-corrected chi connectivity index (χ1v) is 9.19. The normalized spacial score (nSPS) is 20.2. The zero-order valence-electron chi connectivity index (χ0n) is 13.2. The predicted molar refractivity (Wildman–Crippen MR) is 89.6 cm³/mol. The maximum atomic E-state index is 12.2. The van der Waals surface area contributed by atoms with Crippen molar-refractivity contribution in [1.82, 2.24) is 9.62 Å². The summed E-state index contributed by atoms with van der Waals surface area (Å²) in [4.78, 5) is 12.2. The van der Waals surface area contributed by atoms with E-state index in [1.54, 1.807) is 0 Å². The van der Waals surface area contributed by atoms with Crippen LogP contribution in [0.3, 0.4) is 0 Å². The third-order valence-electron chi connectivity index (χ3n) is 3.95. The molecule has 1 saturated carbocycles. The van der Waals surface area contributed by atoms with Crippen LogP contribution in [-0.4, -0.2) is 38.8 Å². The Morgan fingerprint density at radius 2 is 1.88 bits per heavy atom. The summed E-state index contributed by atoms with van der Waals surface area (Å²) in [7, 11) is -0.884. The predicted octanol–water partition coefficient (Wildman–Crippen LogP) is 2.47. The molecule has 1 aliphatic carbocycles. The molecule has 24 heavy (non-hydrogen) atoms. The monoisotopic (exact) mass is 368 g/mol. The van der Waals surface area contributed by atoms with E-state index in [0.717, 1.165) is 16.3 Å². The molecule has 1 aromatic heterocycles. The number of hydrogen-bond acceptors (Lipinski definition) is 4. The molecular weight excluding hydrogens is 352 g/mol. The first-order valence-electron chi connectivity index (χ1n) is 7.38. The van der Waals surface area contributed by atoms with Crippen molar-refractivity contribution >= 4 is 27.5 Å². The van der Waals surface area contributed by atoms with Gasteiger partial charge in [-0.05, 0) is 36.2 Å². The van der Waals surface area contributed by atoms with Gasteiger partial charge in [0.05, 0.1) is 0 Å². The molecule has 0 bridgehead atoms. The fourth-order valence-electron chi connectivity index (χ4n) is 2.43. The van der Waals surface area contributed by atoms with E-state index < -0.39 is 15.9 Å². The number of carbonyl (C=O) groups excluding carboxylic acids is 1. The van der Waals surface area contributed by atoms with Crippen LogP contribution in [0, 0.1) is 0 Å². The molecule has 0 unspecified atom stereocenters. The lowest BCUT2D eigenvalue weighted by molar-refractivity contribution is 0.0917. The van der Waals surface area contributed by atoms with Crippen LogP contribution in [0.5, 0.6) is 0 Å². The topological polar surface area (TPSA) is 79.6 Å². The van der Waals surface area contributed by atoms with Gasteiger partial charge < -0.3 is 9.73 Å². The Hall–Kier alpha value is -1.83. The standard InChI is InChI=1S/C16H17ClN2O4S/c1-19(2)24(21,22)15-8-7-14(23-15)16(20)18-13-9-12(13)10-3-5-11(17)6-4-10/h3-8,12-13H,9H2,1-2H3,(H,18,20)/t12-,13+/m0/s1. The highest BCUT2D eigenvalue weighted by atomic mass is 35.5. The van der Waals surface area contributed by atoms with Crippen molar-refractivity contribution in [2.45, 2.75) is 23.5 Å². The van der Waals surface area contributed by atoms with Crippen molar-refractivity contribution < 1.29 is 17.6 Å². The van der Waals surface area contributed by atoms with Crippen molar-refractivity contribution in [3.63, 3.8) is 0 Å². The maximum absolute atomic E-state index is 12.2. The lowest BCUT2D eigenvalue weighted by Gasteiger charge is -2.07. The van der Waals surface area contributed by atoms with Crippen molar-refractivity contribution in [1.29, 1.82) is 0 Å². The molecule has 0 spiro atoms. The van der Waals surface area contributed by atoms with Crippen molar-refractivity contribution in [2.75, 3.05) is 14.1 Å². The van der Waals surface area contributed by atoms with E-state index >= 15 is 0 Å². The molecule has 2 aromatic rings. The minimum absolute atomic E-state index is 0.0117. The highest BCUT2D eigenvalue weighted by molar-refractivity contribution is 7.88. The third-order valence-corrected chi connectivity index (χ3v) is 5.89.